The zero-order valence-corrected chi connectivity index (χ0v) is 12.7. The van der Waals surface area contributed by atoms with Crippen LogP contribution in [0.25, 0.3) is 0 Å². The fraction of sp³-hybridized carbons (Fsp3) is 0.462. The van der Waals surface area contributed by atoms with Gasteiger partial charge in [0.15, 0.2) is 0 Å². The van der Waals surface area contributed by atoms with Crippen LogP contribution in [0.2, 0.25) is 0 Å². The fourth-order valence-corrected chi connectivity index (χ4v) is 2.53. The summed E-state index contributed by atoms with van der Waals surface area (Å²) in [5.41, 5.74) is 6.71. The molecule has 0 aliphatic heterocycles. The largest absolute Gasteiger partial charge is 0.325 e. The third-order valence-corrected chi connectivity index (χ3v) is 4.37. The maximum atomic E-state index is 11.9. The van der Waals surface area contributed by atoms with Gasteiger partial charge in [-0.2, -0.15) is 0 Å². The van der Waals surface area contributed by atoms with Gasteiger partial charge in [0.1, 0.15) is 0 Å². The van der Waals surface area contributed by atoms with E-state index in [1.807, 2.05) is 13.8 Å². The Bertz CT molecular complexity index is 599. The molecule has 0 spiro atoms. The standard InChI is InChI=1S/C13H21N3O3S/c1-4-8(2)12(14)13(17)16-10-6-5-9(3)11(7-10)20(15,18)19/h5-8,12H,4,14H2,1-3H3,(H,16,17)(H2,15,18,19)/t8?,12-/m0/s1. The maximum Gasteiger partial charge on any atom is 0.241 e. The van der Waals surface area contributed by atoms with Crippen LogP contribution in [0.15, 0.2) is 23.1 Å². The van der Waals surface area contributed by atoms with Crippen molar-refractivity contribution in [1.82, 2.24) is 0 Å². The van der Waals surface area contributed by atoms with Gasteiger partial charge in [-0.1, -0.05) is 26.3 Å². The minimum absolute atomic E-state index is 0.00703. The Labute approximate surface area is 119 Å². The first-order chi connectivity index (χ1) is 9.16. The Balaban J connectivity index is 2.98. The fourth-order valence-electron chi connectivity index (χ4n) is 1.72. The minimum atomic E-state index is -3.82. The second kappa shape index (κ2) is 6.34. The molecule has 7 heteroatoms. The molecular formula is C13H21N3O3S. The van der Waals surface area contributed by atoms with Gasteiger partial charge in [-0.05, 0) is 30.5 Å². The zero-order valence-electron chi connectivity index (χ0n) is 11.9. The van der Waals surface area contributed by atoms with Crippen molar-refractivity contribution in [1.29, 1.82) is 0 Å². The van der Waals surface area contributed by atoms with Crippen molar-refractivity contribution < 1.29 is 13.2 Å². The number of primary sulfonamides is 1. The number of sulfonamides is 1. The van der Waals surface area contributed by atoms with Crippen molar-refractivity contribution in [2.75, 3.05) is 5.32 Å². The normalized spacial score (nSPS) is 14.7. The number of benzene rings is 1. The molecule has 0 heterocycles. The van der Waals surface area contributed by atoms with Gasteiger partial charge in [0.05, 0.1) is 10.9 Å². The summed E-state index contributed by atoms with van der Waals surface area (Å²) >= 11 is 0. The summed E-state index contributed by atoms with van der Waals surface area (Å²) in [6.07, 6.45) is 0.783. The Morgan fingerprint density at radius 2 is 2.00 bits per heavy atom. The molecule has 20 heavy (non-hydrogen) atoms. The lowest BCUT2D eigenvalue weighted by Crippen LogP contribution is -2.40. The highest BCUT2D eigenvalue weighted by molar-refractivity contribution is 7.89. The smallest absolute Gasteiger partial charge is 0.241 e. The molecule has 0 aliphatic carbocycles. The molecule has 1 amide bonds. The van der Waals surface area contributed by atoms with E-state index in [4.69, 9.17) is 10.9 Å². The molecule has 0 aliphatic rings. The van der Waals surface area contributed by atoms with Crippen LogP contribution in [0.4, 0.5) is 5.69 Å². The number of anilines is 1. The molecule has 0 aromatic heterocycles. The Kier molecular flexibility index (Phi) is 5.27. The zero-order chi connectivity index (χ0) is 15.5. The van der Waals surface area contributed by atoms with Gasteiger partial charge in [0, 0.05) is 5.69 Å². The Morgan fingerprint density at radius 3 is 2.50 bits per heavy atom. The molecule has 0 radical (unpaired) electrons. The maximum absolute atomic E-state index is 11.9. The second-order valence-electron chi connectivity index (χ2n) is 4.93. The molecule has 1 aromatic carbocycles. The molecule has 6 nitrogen and oxygen atoms in total. The molecule has 0 bridgehead atoms. The summed E-state index contributed by atoms with van der Waals surface area (Å²) in [5.74, 6) is -0.304. The van der Waals surface area contributed by atoms with E-state index < -0.39 is 16.1 Å². The lowest BCUT2D eigenvalue weighted by atomic mass is 9.99. The number of aryl methyl sites for hydroxylation is 1. The number of nitrogens with two attached hydrogens (primary N) is 2. The molecule has 5 N–H and O–H groups in total. The highest BCUT2D eigenvalue weighted by Crippen LogP contribution is 2.19. The number of amides is 1. The average Bonchev–Trinajstić information content (AvgIpc) is 2.37. The Hall–Kier alpha value is -1.44. The van der Waals surface area contributed by atoms with Crippen molar-refractivity contribution in [3.05, 3.63) is 23.8 Å². The van der Waals surface area contributed by atoms with Crippen molar-refractivity contribution in [2.24, 2.45) is 16.8 Å². The summed E-state index contributed by atoms with van der Waals surface area (Å²) in [6.45, 7) is 5.47. The van der Waals surface area contributed by atoms with Gasteiger partial charge < -0.3 is 11.1 Å². The van der Waals surface area contributed by atoms with Crippen LogP contribution >= 0.6 is 0 Å². The first kappa shape index (κ1) is 16.6. The number of carbonyl (C=O) groups is 1. The first-order valence-electron chi connectivity index (χ1n) is 6.36. The van der Waals surface area contributed by atoms with Crippen molar-refractivity contribution >= 4 is 21.6 Å². The SMILES string of the molecule is CCC(C)[C@H](N)C(=O)Nc1ccc(C)c(S(N)(=O)=O)c1. The number of carbonyl (C=O) groups excluding carboxylic acids is 1. The summed E-state index contributed by atoms with van der Waals surface area (Å²) < 4.78 is 22.8. The van der Waals surface area contributed by atoms with Crippen molar-refractivity contribution in [3.8, 4) is 0 Å². The molecule has 1 aromatic rings. The van der Waals surface area contributed by atoms with Crippen LogP contribution in [-0.2, 0) is 14.8 Å². The summed E-state index contributed by atoms with van der Waals surface area (Å²) in [5, 5.41) is 7.73. The summed E-state index contributed by atoms with van der Waals surface area (Å²) in [4.78, 5) is 11.9. The van der Waals surface area contributed by atoms with Crippen LogP contribution in [-0.4, -0.2) is 20.4 Å². The van der Waals surface area contributed by atoms with E-state index in [-0.39, 0.29) is 16.7 Å². The van der Waals surface area contributed by atoms with E-state index in [9.17, 15) is 13.2 Å². The van der Waals surface area contributed by atoms with Crippen LogP contribution in [0, 0.1) is 12.8 Å². The van der Waals surface area contributed by atoms with Gasteiger partial charge in [-0.25, -0.2) is 13.6 Å². The van der Waals surface area contributed by atoms with E-state index in [1.54, 1.807) is 19.1 Å². The van der Waals surface area contributed by atoms with Gasteiger partial charge in [-0.15, -0.1) is 0 Å². The van der Waals surface area contributed by atoms with Gasteiger partial charge in [-0.3, -0.25) is 4.79 Å². The highest BCUT2D eigenvalue weighted by Gasteiger charge is 2.20. The quantitative estimate of drug-likeness (QED) is 0.750. The van der Waals surface area contributed by atoms with E-state index in [0.717, 1.165) is 6.42 Å². The lowest BCUT2D eigenvalue weighted by Gasteiger charge is -2.18. The van der Waals surface area contributed by atoms with Crippen LogP contribution in [0.3, 0.4) is 0 Å². The predicted octanol–water partition coefficient (Wildman–Crippen LogP) is 0.954. The molecule has 1 rings (SSSR count). The first-order valence-corrected chi connectivity index (χ1v) is 7.91. The van der Waals surface area contributed by atoms with E-state index >= 15 is 0 Å². The van der Waals surface area contributed by atoms with E-state index in [2.05, 4.69) is 5.32 Å². The van der Waals surface area contributed by atoms with Gasteiger partial charge >= 0.3 is 0 Å². The molecule has 0 saturated carbocycles. The third-order valence-electron chi connectivity index (χ3n) is 3.32. The monoisotopic (exact) mass is 299 g/mol. The van der Waals surface area contributed by atoms with Gasteiger partial charge in [0.2, 0.25) is 15.9 Å². The summed E-state index contributed by atoms with van der Waals surface area (Å²) in [7, 11) is -3.82. The molecule has 112 valence electrons. The van der Waals surface area contributed by atoms with Crippen molar-refractivity contribution in [3.63, 3.8) is 0 Å². The average molecular weight is 299 g/mol. The number of nitrogens with one attached hydrogen (secondary N) is 1. The van der Waals surface area contributed by atoms with Crippen LogP contribution < -0.4 is 16.2 Å². The summed E-state index contributed by atoms with van der Waals surface area (Å²) in [6, 6.07) is 3.90. The van der Waals surface area contributed by atoms with Crippen LogP contribution in [0.5, 0.6) is 0 Å². The topological polar surface area (TPSA) is 115 Å². The number of rotatable bonds is 5. The molecule has 0 fully saturated rings. The predicted molar refractivity (Wildman–Crippen MR) is 78.6 cm³/mol. The van der Waals surface area contributed by atoms with E-state index in [1.165, 1.54) is 6.07 Å². The van der Waals surface area contributed by atoms with E-state index in [0.29, 0.717) is 11.3 Å². The third kappa shape index (κ3) is 4.03. The van der Waals surface area contributed by atoms with Crippen LogP contribution in [0.1, 0.15) is 25.8 Å². The molecular weight excluding hydrogens is 278 g/mol. The van der Waals surface area contributed by atoms with Crippen molar-refractivity contribution in [2.45, 2.75) is 38.1 Å². The van der Waals surface area contributed by atoms with Gasteiger partial charge in [0.25, 0.3) is 0 Å². The minimum Gasteiger partial charge on any atom is -0.325 e. The highest BCUT2D eigenvalue weighted by atomic mass is 32.2. The second-order valence-corrected chi connectivity index (χ2v) is 6.46. The molecule has 1 unspecified atom stereocenters. The number of hydrogen-bond acceptors (Lipinski definition) is 4. The lowest BCUT2D eigenvalue weighted by molar-refractivity contribution is -0.118. The Morgan fingerprint density at radius 1 is 1.40 bits per heavy atom. The molecule has 0 saturated heterocycles. The number of hydrogen-bond donors (Lipinski definition) is 3. The molecule has 2 atom stereocenters.